The summed E-state index contributed by atoms with van der Waals surface area (Å²) in [5.74, 6) is 0. The Hall–Kier alpha value is 0.630. The van der Waals surface area contributed by atoms with Gasteiger partial charge in [-0.25, -0.2) is 4.58 Å². The van der Waals surface area contributed by atoms with Crippen molar-refractivity contribution in [3.05, 3.63) is 0 Å². The highest BCUT2D eigenvalue weighted by molar-refractivity contribution is 9.09. The quantitative estimate of drug-likeness (QED) is 0.485. The molecule has 0 aliphatic carbocycles. The van der Waals surface area contributed by atoms with E-state index < -0.39 is 0 Å². The lowest BCUT2D eigenvalue weighted by Crippen LogP contribution is -3.00. The molecule has 1 fully saturated rings. The molecule has 1 unspecified atom stereocenters. The van der Waals surface area contributed by atoms with Gasteiger partial charge in [0.25, 0.3) is 0 Å². The third kappa shape index (κ3) is 4.61. The van der Waals surface area contributed by atoms with Crippen LogP contribution < -0.4 is 17.0 Å². The molecule has 1 rings (SSSR count). The number of rotatable bonds is 3. The van der Waals surface area contributed by atoms with Gasteiger partial charge in [-0.05, 0) is 6.42 Å². The van der Waals surface area contributed by atoms with E-state index in [0.29, 0.717) is 4.83 Å². The maximum atomic E-state index is 3.65. The van der Waals surface area contributed by atoms with Crippen LogP contribution in [0.25, 0.3) is 0 Å². The Morgan fingerprint density at radius 1 is 1.42 bits per heavy atom. The summed E-state index contributed by atoms with van der Waals surface area (Å²) in [5, 5.41) is 0. The Labute approximate surface area is 94.1 Å². The van der Waals surface area contributed by atoms with Crippen molar-refractivity contribution in [3.63, 3.8) is 0 Å². The van der Waals surface area contributed by atoms with Crippen LogP contribution in [0.5, 0.6) is 0 Å². The minimum Gasteiger partial charge on any atom is -1.00 e. The zero-order valence-corrected chi connectivity index (χ0v) is 10.8. The van der Waals surface area contributed by atoms with Gasteiger partial charge in [-0.1, -0.05) is 29.3 Å². The molecule has 0 N–H and O–H groups in total. The summed E-state index contributed by atoms with van der Waals surface area (Å²) in [4.78, 5) is 0.602. The van der Waals surface area contributed by atoms with Gasteiger partial charge in [-0.15, -0.1) is 0 Å². The monoisotopic (exact) mass is 297 g/mol. The number of nitrogens with zero attached hydrogens (tertiary/aromatic N) is 1. The SMILES string of the molecule is CCCC(Br)C=[N+]1CCCC1.[Br-]. The standard InChI is InChI=1S/C9H17BrN.BrH/c1-2-5-9(10)8-11-6-3-4-7-11;/h8-9H,2-7H2,1H3;1H/q+1;/p-1. The molecule has 12 heavy (non-hydrogen) atoms. The molecule has 0 aromatic rings. The van der Waals surface area contributed by atoms with Crippen molar-refractivity contribution < 1.29 is 21.6 Å². The van der Waals surface area contributed by atoms with E-state index in [2.05, 4.69) is 33.6 Å². The lowest BCUT2D eigenvalue weighted by atomic mass is 10.3. The fraction of sp³-hybridized carbons (Fsp3) is 0.889. The minimum absolute atomic E-state index is 0. The first-order chi connectivity index (χ1) is 5.33. The summed E-state index contributed by atoms with van der Waals surface area (Å²) in [5.41, 5.74) is 0. The van der Waals surface area contributed by atoms with Gasteiger partial charge in [0.2, 0.25) is 0 Å². The van der Waals surface area contributed by atoms with Gasteiger partial charge >= 0.3 is 0 Å². The van der Waals surface area contributed by atoms with Crippen LogP contribution in [0.15, 0.2) is 0 Å². The van der Waals surface area contributed by atoms with E-state index >= 15 is 0 Å². The molecule has 72 valence electrons. The average Bonchev–Trinajstić information content (AvgIpc) is 2.40. The zero-order chi connectivity index (χ0) is 8.10. The summed E-state index contributed by atoms with van der Waals surface area (Å²) in [6.07, 6.45) is 7.62. The van der Waals surface area contributed by atoms with Crippen LogP contribution in [-0.4, -0.2) is 28.7 Å². The van der Waals surface area contributed by atoms with Gasteiger partial charge in [-0.3, -0.25) is 0 Å². The van der Waals surface area contributed by atoms with Crippen LogP contribution >= 0.6 is 15.9 Å². The van der Waals surface area contributed by atoms with Gasteiger partial charge in [-0.2, -0.15) is 0 Å². The van der Waals surface area contributed by atoms with Crippen molar-refractivity contribution >= 4 is 22.1 Å². The van der Waals surface area contributed by atoms with Gasteiger partial charge in [0.1, 0.15) is 13.1 Å². The molecule has 1 saturated heterocycles. The molecule has 3 heteroatoms. The second-order valence-corrected chi connectivity index (χ2v) is 4.37. The van der Waals surface area contributed by atoms with Gasteiger partial charge < -0.3 is 17.0 Å². The number of hydrogen-bond donors (Lipinski definition) is 0. The fourth-order valence-electron chi connectivity index (χ4n) is 1.47. The van der Waals surface area contributed by atoms with E-state index in [1.165, 1.54) is 38.8 Å². The smallest absolute Gasteiger partial charge is 0.153 e. The Bertz CT molecular complexity index is 137. The van der Waals surface area contributed by atoms with E-state index in [0.717, 1.165) is 0 Å². The lowest BCUT2D eigenvalue weighted by Gasteiger charge is -1.98. The molecule has 0 saturated carbocycles. The van der Waals surface area contributed by atoms with Crippen LogP contribution in [0.3, 0.4) is 0 Å². The van der Waals surface area contributed by atoms with Crippen molar-refractivity contribution in [1.82, 2.24) is 0 Å². The van der Waals surface area contributed by atoms with Gasteiger partial charge in [0.05, 0.1) is 4.83 Å². The highest BCUT2D eigenvalue weighted by Crippen LogP contribution is 2.07. The second kappa shape index (κ2) is 7.07. The largest absolute Gasteiger partial charge is 1.00 e. The van der Waals surface area contributed by atoms with E-state index in [1.54, 1.807) is 0 Å². The van der Waals surface area contributed by atoms with Crippen molar-refractivity contribution in [2.75, 3.05) is 13.1 Å². The molecule has 0 aromatic heterocycles. The lowest BCUT2D eigenvalue weighted by molar-refractivity contribution is -0.502. The van der Waals surface area contributed by atoms with Crippen LogP contribution in [-0.2, 0) is 0 Å². The Balaban J connectivity index is 0.00000121. The van der Waals surface area contributed by atoms with Gasteiger partial charge in [0, 0.05) is 12.8 Å². The molecule has 0 amide bonds. The number of halogens is 2. The first-order valence-corrected chi connectivity index (χ1v) is 5.47. The third-order valence-corrected chi connectivity index (χ3v) is 2.77. The summed E-state index contributed by atoms with van der Waals surface area (Å²) in [6.45, 7) is 4.77. The van der Waals surface area contributed by atoms with E-state index in [4.69, 9.17) is 0 Å². The zero-order valence-electron chi connectivity index (χ0n) is 7.60. The highest BCUT2D eigenvalue weighted by atomic mass is 79.9. The number of hydrogen-bond acceptors (Lipinski definition) is 0. The third-order valence-electron chi connectivity index (χ3n) is 2.08. The molecule has 1 nitrogen and oxygen atoms in total. The summed E-state index contributed by atoms with van der Waals surface area (Å²) in [6, 6.07) is 0. The second-order valence-electron chi connectivity index (χ2n) is 3.20. The van der Waals surface area contributed by atoms with Crippen LogP contribution in [0.4, 0.5) is 0 Å². The van der Waals surface area contributed by atoms with E-state index in [-0.39, 0.29) is 17.0 Å². The highest BCUT2D eigenvalue weighted by Gasteiger charge is 2.14. The summed E-state index contributed by atoms with van der Waals surface area (Å²) < 4.78 is 2.44. The topological polar surface area (TPSA) is 3.01 Å². The average molecular weight is 299 g/mol. The van der Waals surface area contributed by atoms with Crippen molar-refractivity contribution in [2.24, 2.45) is 0 Å². The fourth-order valence-corrected chi connectivity index (χ4v) is 2.26. The van der Waals surface area contributed by atoms with E-state index in [1.807, 2.05) is 0 Å². The van der Waals surface area contributed by atoms with Crippen molar-refractivity contribution in [2.45, 2.75) is 37.4 Å². The molecule has 1 aliphatic rings. The van der Waals surface area contributed by atoms with Crippen molar-refractivity contribution in [1.29, 1.82) is 0 Å². The summed E-state index contributed by atoms with van der Waals surface area (Å²) >= 11 is 3.65. The normalized spacial score (nSPS) is 18.7. The Morgan fingerprint density at radius 3 is 2.50 bits per heavy atom. The maximum Gasteiger partial charge on any atom is 0.153 e. The molecule has 1 atom stereocenters. The van der Waals surface area contributed by atoms with Gasteiger partial charge in [0.15, 0.2) is 6.21 Å². The van der Waals surface area contributed by atoms with Crippen LogP contribution in [0, 0.1) is 0 Å². The first-order valence-electron chi connectivity index (χ1n) is 4.56. The number of alkyl halides is 1. The summed E-state index contributed by atoms with van der Waals surface area (Å²) in [7, 11) is 0. The molecule has 1 heterocycles. The van der Waals surface area contributed by atoms with Crippen LogP contribution in [0.1, 0.15) is 32.6 Å². The van der Waals surface area contributed by atoms with E-state index in [9.17, 15) is 0 Å². The predicted octanol–water partition coefficient (Wildman–Crippen LogP) is -0.569. The predicted molar refractivity (Wildman–Crippen MR) is 52.9 cm³/mol. The Kier molecular flexibility index (Phi) is 7.45. The Morgan fingerprint density at radius 2 is 2.00 bits per heavy atom. The molecule has 0 bridgehead atoms. The van der Waals surface area contributed by atoms with Crippen LogP contribution in [0.2, 0.25) is 0 Å². The minimum atomic E-state index is 0. The molecule has 0 aromatic carbocycles. The molecular formula is C9H17Br2N. The maximum absolute atomic E-state index is 3.65. The molecule has 0 spiro atoms. The molecule has 1 aliphatic heterocycles. The first kappa shape index (κ1) is 12.6. The molecular weight excluding hydrogens is 282 g/mol. The van der Waals surface area contributed by atoms with Crippen molar-refractivity contribution in [3.8, 4) is 0 Å². The molecule has 0 radical (unpaired) electrons.